The van der Waals surface area contributed by atoms with Gasteiger partial charge in [0, 0.05) is 32.7 Å². The Morgan fingerprint density at radius 1 is 1.24 bits per heavy atom. The Morgan fingerprint density at radius 2 is 1.86 bits per heavy atom. The third kappa shape index (κ3) is 4.33. The number of carboxylic acids is 1. The van der Waals surface area contributed by atoms with Gasteiger partial charge in [0.1, 0.15) is 5.54 Å². The Labute approximate surface area is 126 Å². The van der Waals surface area contributed by atoms with Crippen molar-refractivity contribution >= 4 is 12.0 Å². The minimum Gasteiger partial charge on any atom is -0.480 e. The molecular weight excluding hydrogens is 270 g/mol. The number of carbonyl (C=O) groups excluding carboxylic acids is 1. The van der Waals surface area contributed by atoms with Crippen LogP contribution in [0.15, 0.2) is 0 Å². The second kappa shape index (κ2) is 6.64. The van der Waals surface area contributed by atoms with E-state index in [9.17, 15) is 14.7 Å². The van der Waals surface area contributed by atoms with Crippen molar-refractivity contribution in [1.82, 2.24) is 15.1 Å². The van der Waals surface area contributed by atoms with Gasteiger partial charge in [-0.1, -0.05) is 13.3 Å². The third-order valence-corrected chi connectivity index (χ3v) is 4.48. The highest BCUT2D eigenvalue weighted by atomic mass is 16.4. The Balaban J connectivity index is 1.81. The van der Waals surface area contributed by atoms with Gasteiger partial charge < -0.3 is 15.3 Å². The summed E-state index contributed by atoms with van der Waals surface area (Å²) in [4.78, 5) is 27.8. The summed E-state index contributed by atoms with van der Waals surface area (Å²) in [5.74, 6) is -0.102. The Bertz CT molecular complexity index is 390. The van der Waals surface area contributed by atoms with Crippen LogP contribution in [0.1, 0.15) is 39.5 Å². The van der Waals surface area contributed by atoms with E-state index in [1.165, 1.54) is 12.8 Å². The predicted octanol–water partition coefficient (Wildman–Crippen LogP) is 1.37. The molecule has 1 aliphatic heterocycles. The summed E-state index contributed by atoms with van der Waals surface area (Å²) in [6.45, 7) is 7.80. The predicted molar refractivity (Wildman–Crippen MR) is 80.2 cm³/mol. The number of rotatable bonds is 6. The molecule has 1 aliphatic carbocycles. The van der Waals surface area contributed by atoms with Crippen LogP contribution in [-0.4, -0.2) is 65.2 Å². The van der Waals surface area contributed by atoms with E-state index < -0.39 is 11.5 Å². The molecule has 120 valence electrons. The molecule has 1 unspecified atom stereocenters. The van der Waals surface area contributed by atoms with Crippen molar-refractivity contribution in [2.45, 2.75) is 45.1 Å². The summed E-state index contributed by atoms with van der Waals surface area (Å²) >= 11 is 0. The van der Waals surface area contributed by atoms with Crippen molar-refractivity contribution in [2.24, 2.45) is 5.92 Å². The van der Waals surface area contributed by atoms with Gasteiger partial charge in [0.25, 0.3) is 0 Å². The lowest BCUT2D eigenvalue weighted by molar-refractivity contribution is -0.144. The molecule has 0 aromatic heterocycles. The highest BCUT2D eigenvalue weighted by Gasteiger charge is 2.36. The zero-order valence-corrected chi connectivity index (χ0v) is 13.1. The van der Waals surface area contributed by atoms with Gasteiger partial charge in [-0.05, 0) is 32.1 Å². The van der Waals surface area contributed by atoms with Crippen LogP contribution in [0.3, 0.4) is 0 Å². The number of hydrogen-bond donors (Lipinski definition) is 2. The smallest absolute Gasteiger partial charge is 0.329 e. The molecule has 1 atom stereocenters. The summed E-state index contributed by atoms with van der Waals surface area (Å²) in [5.41, 5.74) is -1.17. The zero-order chi connectivity index (χ0) is 15.5. The molecule has 0 spiro atoms. The van der Waals surface area contributed by atoms with Gasteiger partial charge in [-0.25, -0.2) is 9.59 Å². The van der Waals surface area contributed by atoms with Crippen molar-refractivity contribution in [3.8, 4) is 0 Å². The van der Waals surface area contributed by atoms with Crippen LogP contribution in [0.4, 0.5) is 4.79 Å². The minimum atomic E-state index is -1.17. The van der Waals surface area contributed by atoms with E-state index in [1.807, 2.05) is 6.92 Å². The lowest BCUT2D eigenvalue weighted by atomic mass is 9.96. The average Bonchev–Trinajstić information content (AvgIpc) is 3.23. The van der Waals surface area contributed by atoms with Crippen molar-refractivity contribution in [2.75, 3.05) is 32.7 Å². The Kier molecular flexibility index (Phi) is 5.08. The number of piperazine rings is 1. The number of carbonyl (C=O) groups is 2. The second-order valence-corrected chi connectivity index (χ2v) is 6.55. The largest absolute Gasteiger partial charge is 0.480 e. The SMILES string of the molecule is CCCC(C)(NC(=O)N1CCN(CC2CC2)CC1)C(=O)O. The highest BCUT2D eigenvalue weighted by Crippen LogP contribution is 2.29. The molecule has 0 aromatic rings. The first kappa shape index (κ1) is 16.1. The Morgan fingerprint density at radius 3 is 2.33 bits per heavy atom. The maximum absolute atomic E-state index is 12.3. The fraction of sp³-hybridized carbons (Fsp3) is 0.867. The van der Waals surface area contributed by atoms with Crippen LogP contribution in [0.2, 0.25) is 0 Å². The summed E-state index contributed by atoms with van der Waals surface area (Å²) in [5, 5.41) is 12.0. The van der Waals surface area contributed by atoms with Crippen molar-refractivity contribution in [3.05, 3.63) is 0 Å². The first-order valence-electron chi connectivity index (χ1n) is 7.97. The molecule has 2 amide bonds. The van der Waals surface area contributed by atoms with Gasteiger partial charge in [-0.2, -0.15) is 0 Å². The van der Waals surface area contributed by atoms with E-state index in [0.29, 0.717) is 19.5 Å². The first-order chi connectivity index (χ1) is 9.94. The molecule has 6 nitrogen and oxygen atoms in total. The van der Waals surface area contributed by atoms with Crippen LogP contribution in [-0.2, 0) is 4.79 Å². The van der Waals surface area contributed by atoms with Crippen molar-refractivity contribution in [1.29, 1.82) is 0 Å². The monoisotopic (exact) mass is 297 g/mol. The lowest BCUT2D eigenvalue weighted by Crippen LogP contribution is -2.59. The zero-order valence-electron chi connectivity index (χ0n) is 13.1. The quantitative estimate of drug-likeness (QED) is 0.776. The fourth-order valence-electron chi connectivity index (χ4n) is 2.84. The van der Waals surface area contributed by atoms with Crippen LogP contribution in [0.5, 0.6) is 0 Å². The van der Waals surface area contributed by atoms with Crippen LogP contribution in [0, 0.1) is 5.92 Å². The number of amides is 2. The number of carboxylic acid groups (broad SMARTS) is 1. The molecule has 2 aliphatic rings. The van der Waals surface area contributed by atoms with E-state index >= 15 is 0 Å². The van der Waals surface area contributed by atoms with Gasteiger partial charge >= 0.3 is 12.0 Å². The van der Waals surface area contributed by atoms with E-state index in [2.05, 4.69) is 10.2 Å². The molecule has 0 aromatic carbocycles. The van der Waals surface area contributed by atoms with Gasteiger partial charge in [0.15, 0.2) is 0 Å². The first-order valence-corrected chi connectivity index (χ1v) is 7.97. The molecule has 2 fully saturated rings. The fourth-order valence-corrected chi connectivity index (χ4v) is 2.84. The molecule has 0 bridgehead atoms. The molecule has 6 heteroatoms. The topological polar surface area (TPSA) is 72.9 Å². The third-order valence-electron chi connectivity index (χ3n) is 4.48. The van der Waals surface area contributed by atoms with Crippen molar-refractivity contribution < 1.29 is 14.7 Å². The van der Waals surface area contributed by atoms with Crippen molar-refractivity contribution in [3.63, 3.8) is 0 Å². The van der Waals surface area contributed by atoms with Gasteiger partial charge in [0.2, 0.25) is 0 Å². The lowest BCUT2D eigenvalue weighted by Gasteiger charge is -2.36. The van der Waals surface area contributed by atoms with Crippen LogP contribution < -0.4 is 5.32 Å². The molecule has 21 heavy (non-hydrogen) atoms. The molecule has 1 saturated heterocycles. The van der Waals surface area contributed by atoms with E-state index in [-0.39, 0.29) is 6.03 Å². The van der Waals surface area contributed by atoms with E-state index in [1.54, 1.807) is 11.8 Å². The molecular formula is C15H27N3O3. The maximum Gasteiger partial charge on any atom is 0.329 e. The van der Waals surface area contributed by atoms with Gasteiger partial charge in [-0.3, -0.25) is 4.90 Å². The molecule has 1 saturated carbocycles. The number of hydrogen-bond acceptors (Lipinski definition) is 3. The normalized spacial score (nSPS) is 22.7. The summed E-state index contributed by atoms with van der Waals surface area (Å²) in [6.07, 6.45) is 3.84. The molecule has 0 radical (unpaired) electrons. The van der Waals surface area contributed by atoms with Crippen LogP contribution >= 0.6 is 0 Å². The summed E-state index contributed by atoms with van der Waals surface area (Å²) in [7, 11) is 0. The number of nitrogens with one attached hydrogen (secondary N) is 1. The summed E-state index contributed by atoms with van der Waals surface area (Å²) in [6, 6.07) is -0.251. The average molecular weight is 297 g/mol. The molecule has 2 rings (SSSR count). The van der Waals surface area contributed by atoms with E-state index in [0.717, 1.165) is 32.0 Å². The number of nitrogens with zero attached hydrogens (tertiary/aromatic N) is 2. The Hall–Kier alpha value is -1.30. The molecule has 1 heterocycles. The van der Waals surface area contributed by atoms with Gasteiger partial charge in [-0.15, -0.1) is 0 Å². The summed E-state index contributed by atoms with van der Waals surface area (Å²) < 4.78 is 0. The maximum atomic E-state index is 12.3. The second-order valence-electron chi connectivity index (χ2n) is 6.55. The van der Waals surface area contributed by atoms with Crippen LogP contribution in [0.25, 0.3) is 0 Å². The number of aliphatic carboxylic acids is 1. The standard InChI is InChI=1S/C15H27N3O3/c1-3-6-15(2,13(19)20)16-14(21)18-9-7-17(8-10-18)11-12-4-5-12/h12H,3-11H2,1-2H3,(H,16,21)(H,19,20). The van der Waals surface area contributed by atoms with Gasteiger partial charge in [0.05, 0.1) is 0 Å². The number of urea groups is 1. The molecule has 2 N–H and O–H groups in total. The minimum absolute atomic E-state index is 0.251. The highest BCUT2D eigenvalue weighted by molar-refractivity contribution is 5.85. The van der Waals surface area contributed by atoms with E-state index in [4.69, 9.17) is 0 Å².